The molecule has 0 radical (unpaired) electrons. The van der Waals surface area contributed by atoms with Crippen molar-refractivity contribution in [1.82, 2.24) is 10.2 Å². The molecule has 1 aromatic heterocycles. The Kier molecular flexibility index (Phi) is 3.84. The Balaban J connectivity index is 2.13. The number of benzene rings is 1. The van der Waals surface area contributed by atoms with E-state index in [1.54, 1.807) is 32.0 Å². The standard InChI is InChI=1S/C12H13ClN2O3/c1-7(16)10-5-9(13)3-4-11(10)17-6-12-15-14-8(2)18-12/h3-5,7,16H,6H2,1-2H3/t7-/m1/s1. The van der Waals surface area contributed by atoms with Gasteiger partial charge in [-0.1, -0.05) is 11.6 Å². The van der Waals surface area contributed by atoms with Gasteiger partial charge in [0.05, 0.1) is 6.10 Å². The van der Waals surface area contributed by atoms with E-state index in [4.69, 9.17) is 20.8 Å². The van der Waals surface area contributed by atoms with E-state index in [0.717, 1.165) is 0 Å². The number of hydrogen-bond acceptors (Lipinski definition) is 5. The number of ether oxygens (including phenoxy) is 1. The van der Waals surface area contributed by atoms with Gasteiger partial charge in [-0.05, 0) is 25.1 Å². The molecule has 0 bridgehead atoms. The molecular weight excluding hydrogens is 256 g/mol. The number of hydrogen-bond donors (Lipinski definition) is 1. The topological polar surface area (TPSA) is 68.4 Å². The van der Waals surface area contributed by atoms with Gasteiger partial charge >= 0.3 is 0 Å². The molecular formula is C12H13ClN2O3. The van der Waals surface area contributed by atoms with Crippen molar-refractivity contribution in [2.75, 3.05) is 0 Å². The number of aliphatic hydroxyl groups is 1. The van der Waals surface area contributed by atoms with Crippen LogP contribution >= 0.6 is 11.6 Å². The molecule has 18 heavy (non-hydrogen) atoms. The van der Waals surface area contributed by atoms with Crippen LogP contribution in [0.3, 0.4) is 0 Å². The van der Waals surface area contributed by atoms with Crippen molar-refractivity contribution in [3.8, 4) is 5.75 Å². The van der Waals surface area contributed by atoms with Gasteiger partial charge in [0, 0.05) is 17.5 Å². The average molecular weight is 269 g/mol. The predicted molar refractivity (Wildman–Crippen MR) is 65.5 cm³/mol. The van der Waals surface area contributed by atoms with Crippen molar-refractivity contribution in [1.29, 1.82) is 0 Å². The van der Waals surface area contributed by atoms with Crippen molar-refractivity contribution in [2.24, 2.45) is 0 Å². The first-order valence-electron chi connectivity index (χ1n) is 5.45. The minimum absolute atomic E-state index is 0.155. The zero-order chi connectivity index (χ0) is 13.1. The second-order valence-electron chi connectivity index (χ2n) is 3.86. The summed E-state index contributed by atoms with van der Waals surface area (Å²) in [4.78, 5) is 0. The summed E-state index contributed by atoms with van der Waals surface area (Å²) in [5.74, 6) is 1.42. The normalized spacial score (nSPS) is 12.4. The summed E-state index contributed by atoms with van der Waals surface area (Å²) in [6.45, 7) is 3.51. The third-order valence-corrected chi connectivity index (χ3v) is 2.58. The third kappa shape index (κ3) is 3.00. The fraction of sp³-hybridized carbons (Fsp3) is 0.333. The highest BCUT2D eigenvalue weighted by atomic mass is 35.5. The summed E-state index contributed by atoms with van der Waals surface area (Å²) in [7, 11) is 0. The van der Waals surface area contributed by atoms with E-state index >= 15 is 0 Å². The van der Waals surface area contributed by atoms with Crippen LogP contribution in [0.1, 0.15) is 30.4 Å². The van der Waals surface area contributed by atoms with Gasteiger partial charge in [0.15, 0.2) is 6.61 Å². The first-order chi connectivity index (χ1) is 8.56. The lowest BCUT2D eigenvalue weighted by atomic mass is 10.1. The largest absolute Gasteiger partial charge is 0.483 e. The monoisotopic (exact) mass is 268 g/mol. The summed E-state index contributed by atoms with van der Waals surface area (Å²) in [6, 6.07) is 5.07. The fourth-order valence-electron chi connectivity index (χ4n) is 1.51. The molecule has 2 rings (SSSR count). The van der Waals surface area contributed by atoms with Crippen molar-refractivity contribution >= 4 is 11.6 Å². The SMILES string of the molecule is Cc1nnc(COc2ccc(Cl)cc2[C@@H](C)O)o1. The molecule has 0 amide bonds. The Morgan fingerprint density at radius 3 is 2.83 bits per heavy atom. The Bertz CT molecular complexity index is 540. The number of aryl methyl sites for hydroxylation is 1. The minimum Gasteiger partial charge on any atom is -0.483 e. The van der Waals surface area contributed by atoms with Crippen LogP contribution in [0.2, 0.25) is 5.02 Å². The molecule has 0 saturated carbocycles. The molecule has 1 aromatic carbocycles. The van der Waals surface area contributed by atoms with Crippen LogP contribution in [0.25, 0.3) is 0 Å². The van der Waals surface area contributed by atoms with E-state index in [1.807, 2.05) is 0 Å². The molecule has 0 aliphatic carbocycles. The number of nitrogens with zero attached hydrogens (tertiary/aromatic N) is 2. The van der Waals surface area contributed by atoms with Crippen LogP contribution in [0.15, 0.2) is 22.6 Å². The molecule has 0 aliphatic heterocycles. The predicted octanol–water partition coefficient (Wildman–Crippen LogP) is 2.66. The second kappa shape index (κ2) is 5.37. The van der Waals surface area contributed by atoms with Crippen LogP contribution in [-0.2, 0) is 6.61 Å². The van der Waals surface area contributed by atoms with Gasteiger partial charge in [0.2, 0.25) is 5.89 Å². The van der Waals surface area contributed by atoms with E-state index in [1.165, 1.54) is 0 Å². The number of rotatable bonds is 4. The maximum atomic E-state index is 9.64. The van der Waals surface area contributed by atoms with Gasteiger partial charge < -0.3 is 14.3 Å². The molecule has 0 spiro atoms. The highest BCUT2D eigenvalue weighted by molar-refractivity contribution is 6.30. The Hall–Kier alpha value is -1.59. The molecule has 6 heteroatoms. The van der Waals surface area contributed by atoms with Gasteiger partial charge in [-0.15, -0.1) is 10.2 Å². The lowest BCUT2D eigenvalue weighted by Crippen LogP contribution is -2.01. The maximum absolute atomic E-state index is 9.64. The molecule has 0 saturated heterocycles. The highest BCUT2D eigenvalue weighted by Crippen LogP contribution is 2.28. The molecule has 1 N–H and O–H groups in total. The van der Waals surface area contributed by atoms with Crippen molar-refractivity contribution in [2.45, 2.75) is 26.6 Å². The van der Waals surface area contributed by atoms with E-state index in [2.05, 4.69) is 10.2 Å². The average Bonchev–Trinajstić information content (AvgIpc) is 2.73. The smallest absolute Gasteiger partial charge is 0.253 e. The zero-order valence-corrected chi connectivity index (χ0v) is 10.8. The summed E-state index contributed by atoms with van der Waals surface area (Å²) in [5, 5.41) is 17.7. The first kappa shape index (κ1) is 12.9. The molecule has 0 aliphatic rings. The van der Waals surface area contributed by atoms with Crippen LogP contribution in [0.4, 0.5) is 0 Å². The van der Waals surface area contributed by atoms with E-state index in [-0.39, 0.29) is 6.61 Å². The van der Waals surface area contributed by atoms with E-state index in [9.17, 15) is 5.11 Å². The third-order valence-electron chi connectivity index (χ3n) is 2.34. The van der Waals surface area contributed by atoms with Crippen molar-refractivity contribution < 1.29 is 14.3 Å². The van der Waals surface area contributed by atoms with Gasteiger partial charge in [-0.25, -0.2) is 0 Å². The van der Waals surface area contributed by atoms with Gasteiger partial charge in [0.25, 0.3) is 5.89 Å². The van der Waals surface area contributed by atoms with Gasteiger partial charge in [-0.3, -0.25) is 0 Å². The maximum Gasteiger partial charge on any atom is 0.253 e. The van der Waals surface area contributed by atoms with E-state index in [0.29, 0.717) is 28.1 Å². The van der Waals surface area contributed by atoms with Crippen molar-refractivity contribution in [3.05, 3.63) is 40.6 Å². The quantitative estimate of drug-likeness (QED) is 0.923. The zero-order valence-electron chi connectivity index (χ0n) is 10.1. The second-order valence-corrected chi connectivity index (χ2v) is 4.30. The number of aliphatic hydroxyl groups excluding tert-OH is 1. The first-order valence-corrected chi connectivity index (χ1v) is 5.83. The molecule has 1 atom stereocenters. The lowest BCUT2D eigenvalue weighted by Gasteiger charge is -2.12. The summed E-state index contributed by atoms with van der Waals surface area (Å²) in [5.41, 5.74) is 0.624. The minimum atomic E-state index is -0.664. The molecule has 1 heterocycles. The van der Waals surface area contributed by atoms with Gasteiger partial charge in [0.1, 0.15) is 5.75 Å². The molecule has 0 fully saturated rings. The van der Waals surface area contributed by atoms with Crippen molar-refractivity contribution in [3.63, 3.8) is 0 Å². The lowest BCUT2D eigenvalue weighted by molar-refractivity contribution is 0.187. The molecule has 96 valence electrons. The molecule has 5 nitrogen and oxygen atoms in total. The van der Waals surface area contributed by atoms with E-state index < -0.39 is 6.10 Å². The Morgan fingerprint density at radius 1 is 1.44 bits per heavy atom. The van der Waals surface area contributed by atoms with Crippen LogP contribution in [0.5, 0.6) is 5.75 Å². The summed E-state index contributed by atoms with van der Waals surface area (Å²) in [6.07, 6.45) is -0.664. The number of aromatic nitrogens is 2. The van der Waals surface area contributed by atoms with Crippen LogP contribution < -0.4 is 4.74 Å². The van der Waals surface area contributed by atoms with Gasteiger partial charge in [-0.2, -0.15) is 0 Å². The molecule has 2 aromatic rings. The molecule has 0 unspecified atom stereocenters. The highest BCUT2D eigenvalue weighted by Gasteiger charge is 2.11. The van der Waals surface area contributed by atoms with Crippen LogP contribution in [-0.4, -0.2) is 15.3 Å². The number of halogens is 1. The van der Waals surface area contributed by atoms with Crippen LogP contribution in [0, 0.1) is 6.92 Å². The summed E-state index contributed by atoms with van der Waals surface area (Å²) >= 11 is 5.87. The summed E-state index contributed by atoms with van der Waals surface area (Å²) < 4.78 is 10.7. The Labute approximate surface area is 109 Å². The fourth-order valence-corrected chi connectivity index (χ4v) is 1.69. The Morgan fingerprint density at radius 2 is 2.22 bits per heavy atom.